The van der Waals surface area contributed by atoms with Gasteiger partial charge in [-0.2, -0.15) is 0 Å². The van der Waals surface area contributed by atoms with Crippen LogP contribution in [0.5, 0.6) is 0 Å². The third-order valence-electron chi connectivity index (χ3n) is 3.35. The minimum absolute atomic E-state index is 0.0522. The van der Waals surface area contributed by atoms with E-state index in [0.29, 0.717) is 6.42 Å². The van der Waals surface area contributed by atoms with Crippen LogP contribution >= 0.6 is 0 Å². The molecule has 0 spiro atoms. The minimum Gasteiger partial charge on any atom is -0.307 e. The molecule has 0 amide bonds. The van der Waals surface area contributed by atoms with Gasteiger partial charge in [0.15, 0.2) is 5.78 Å². The first kappa shape index (κ1) is 12.2. The van der Waals surface area contributed by atoms with Crippen molar-refractivity contribution in [2.24, 2.45) is 0 Å². The molecule has 17 heavy (non-hydrogen) atoms. The van der Waals surface area contributed by atoms with Gasteiger partial charge in [0, 0.05) is 11.9 Å². The molecule has 0 bridgehead atoms. The zero-order valence-corrected chi connectivity index (χ0v) is 10.4. The second-order valence-corrected chi connectivity index (χ2v) is 4.66. The number of aryl methyl sites for hydroxylation is 1. The summed E-state index contributed by atoms with van der Waals surface area (Å²) in [7, 11) is 0. The number of nitrogens with one attached hydrogen (secondary N) is 1. The highest BCUT2D eigenvalue weighted by Crippen LogP contribution is 2.10. The predicted octanol–water partition coefficient (Wildman–Crippen LogP) is 1.90. The number of hydrogen-bond acceptors (Lipinski definition) is 3. The molecule has 3 heteroatoms. The Balaban J connectivity index is 1.92. The summed E-state index contributed by atoms with van der Waals surface area (Å²) in [6, 6.07) is 4.08. The van der Waals surface area contributed by atoms with Crippen LogP contribution in [0.2, 0.25) is 0 Å². The molecule has 1 aromatic heterocycles. The number of ketones is 1. The van der Waals surface area contributed by atoms with Crippen LogP contribution in [-0.2, 0) is 17.6 Å². The first-order valence-electron chi connectivity index (χ1n) is 6.49. The predicted molar refractivity (Wildman–Crippen MR) is 68.0 cm³/mol. The highest BCUT2D eigenvalue weighted by Gasteiger charge is 2.20. The molecule has 1 aromatic rings. The van der Waals surface area contributed by atoms with Gasteiger partial charge in [-0.25, -0.2) is 0 Å². The average Bonchev–Trinajstić information content (AvgIpc) is 2.40. The van der Waals surface area contributed by atoms with Gasteiger partial charge < -0.3 is 5.32 Å². The maximum Gasteiger partial charge on any atom is 0.155 e. The van der Waals surface area contributed by atoms with Crippen molar-refractivity contribution in [2.45, 2.75) is 45.1 Å². The second-order valence-electron chi connectivity index (χ2n) is 4.66. The van der Waals surface area contributed by atoms with Crippen LogP contribution in [0.3, 0.4) is 0 Å². The highest BCUT2D eigenvalue weighted by atomic mass is 16.1. The molecule has 2 heterocycles. The monoisotopic (exact) mass is 232 g/mol. The van der Waals surface area contributed by atoms with E-state index in [1.165, 1.54) is 12.0 Å². The summed E-state index contributed by atoms with van der Waals surface area (Å²) >= 11 is 0. The number of carbonyl (C=O) groups excluding carboxylic acids is 1. The number of pyridine rings is 1. The van der Waals surface area contributed by atoms with Crippen LogP contribution in [0.25, 0.3) is 0 Å². The normalized spacial score (nSPS) is 20.2. The van der Waals surface area contributed by atoms with Crippen molar-refractivity contribution in [2.75, 3.05) is 6.54 Å². The Morgan fingerprint density at radius 1 is 1.47 bits per heavy atom. The SMILES string of the molecule is CCc1ccc(CC(=O)C2CCCCN2)nc1. The Hall–Kier alpha value is -1.22. The van der Waals surface area contributed by atoms with E-state index >= 15 is 0 Å². The Kier molecular flexibility index (Phi) is 4.26. The molecule has 0 radical (unpaired) electrons. The van der Waals surface area contributed by atoms with Gasteiger partial charge >= 0.3 is 0 Å². The van der Waals surface area contributed by atoms with Crippen molar-refractivity contribution in [3.63, 3.8) is 0 Å². The van der Waals surface area contributed by atoms with Gasteiger partial charge in [-0.15, -0.1) is 0 Å². The van der Waals surface area contributed by atoms with Gasteiger partial charge in [-0.05, 0) is 37.4 Å². The fraction of sp³-hybridized carbons (Fsp3) is 0.571. The molecule has 1 fully saturated rings. The summed E-state index contributed by atoms with van der Waals surface area (Å²) in [5.74, 6) is 0.279. The van der Waals surface area contributed by atoms with E-state index in [2.05, 4.69) is 23.3 Å². The number of carbonyl (C=O) groups is 1. The fourth-order valence-electron chi connectivity index (χ4n) is 2.20. The number of nitrogens with zero attached hydrogens (tertiary/aromatic N) is 1. The van der Waals surface area contributed by atoms with Crippen LogP contribution < -0.4 is 5.32 Å². The highest BCUT2D eigenvalue weighted by molar-refractivity contribution is 5.85. The van der Waals surface area contributed by atoms with E-state index in [4.69, 9.17) is 0 Å². The molecule has 1 atom stereocenters. The molecule has 0 aromatic carbocycles. The third-order valence-corrected chi connectivity index (χ3v) is 3.35. The molecule has 1 N–H and O–H groups in total. The van der Waals surface area contributed by atoms with E-state index in [1.807, 2.05) is 12.3 Å². The van der Waals surface area contributed by atoms with Gasteiger partial charge in [-0.3, -0.25) is 9.78 Å². The standard InChI is InChI=1S/C14H20N2O/c1-2-11-6-7-12(16-10-11)9-14(17)13-5-3-4-8-15-13/h6-7,10,13,15H,2-5,8-9H2,1H3. The van der Waals surface area contributed by atoms with Crippen molar-refractivity contribution in [3.8, 4) is 0 Å². The van der Waals surface area contributed by atoms with E-state index in [1.54, 1.807) is 0 Å². The number of Topliss-reactive ketones (excluding diaryl/α,β-unsaturated/α-hetero) is 1. The van der Waals surface area contributed by atoms with E-state index in [-0.39, 0.29) is 11.8 Å². The Morgan fingerprint density at radius 3 is 2.94 bits per heavy atom. The Bertz CT molecular complexity index is 366. The van der Waals surface area contributed by atoms with Crippen molar-refractivity contribution in [1.82, 2.24) is 10.3 Å². The number of hydrogen-bond donors (Lipinski definition) is 1. The summed E-state index contributed by atoms with van der Waals surface area (Å²) < 4.78 is 0. The summed E-state index contributed by atoms with van der Waals surface area (Å²) in [6.07, 6.45) is 6.65. The second kappa shape index (κ2) is 5.92. The summed E-state index contributed by atoms with van der Waals surface area (Å²) in [5, 5.41) is 3.28. The van der Waals surface area contributed by atoms with Gasteiger partial charge in [0.2, 0.25) is 0 Å². The first-order chi connectivity index (χ1) is 8.29. The molecule has 1 saturated heterocycles. The maximum atomic E-state index is 12.0. The zero-order chi connectivity index (χ0) is 12.1. The van der Waals surface area contributed by atoms with Crippen LogP contribution in [0.15, 0.2) is 18.3 Å². The molecule has 1 unspecified atom stereocenters. The lowest BCUT2D eigenvalue weighted by molar-refractivity contribution is -0.121. The van der Waals surface area contributed by atoms with Crippen LogP contribution in [0.4, 0.5) is 0 Å². The molecule has 1 aliphatic rings. The van der Waals surface area contributed by atoms with Crippen LogP contribution in [0.1, 0.15) is 37.4 Å². The largest absolute Gasteiger partial charge is 0.307 e. The third kappa shape index (κ3) is 3.37. The summed E-state index contributed by atoms with van der Waals surface area (Å²) in [6.45, 7) is 3.08. The van der Waals surface area contributed by atoms with Crippen molar-refractivity contribution in [1.29, 1.82) is 0 Å². The first-order valence-corrected chi connectivity index (χ1v) is 6.49. The van der Waals surface area contributed by atoms with E-state index in [9.17, 15) is 4.79 Å². The number of rotatable bonds is 4. The molecular weight excluding hydrogens is 212 g/mol. The van der Waals surface area contributed by atoms with Crippen molar-refractivity contribution >= 4 is 5.78 Å². The molecule has 1 aliphatic heterocycles. The van der Waals surface area contributed by atoms with Crippen LogP contribution in [0, 0.1) is 0 Å². The molecule has 0 saturated carbocycles. The van der Waals surface area contributed by atoms with Gasteiger partial charge in [0.1, 0.15) is 0 Å². The van der Waals surface area contributed by atoms with E-state index in [0.717, 1.165) is 31.5 Å². The lowest BCUT2D eigenvalue weighted by Gasteiger charge is -2.21. The van der Waals surface area contributed by atoms with Crippen molar-refractivity contribution < 1.29 is 4.79 Å². The lowest BCUT2D eigenvalue weighted by atomic mass is 9.98. The fourth-order valence-corrected chi connectivity index (χ4v) is 2.20. The van der Waals surface area contributed by atoms with Gasteiger partial charge in [0.25, 0.3) is 0 Å². The van der Waals surface area contributed by atoms with Gasteiger partial charge in [-0.1, -0.05) is 19.4 Å². The molecule has 3 nitrogen and oxygen atoms in total. The Labute approximate surface area is 103 Å². The van der Waals surface area contributed by atoms with Gasteiger partial charge in [0.05, 0.1) is 12.5 Å². The maximum absolute atomic E-state index is 12.0. The number of piperidine rings is 1. The van der Waals surface area contributed by atoms with Crippen molar-refractivity contribution in [3.05, 3.63) is 29.6 Å². The topological polar surface area (TPSA) is 42.0 Å². The molecular formula is C14H20N2O. The summed E-state index contributed by atoms with van der Waals surface area (Å²) in [5.41, 5.74) is 2.11. The Morgan fingerprint density at radius 2 is 2.35 bits per heavy atom. The van der Waals surface area contributed by atoms with E-state index < -0.39 is 0 Å². The molecule has 0 aliphatic carbocycles. The lowest BCUT2D eigenvalue weighted by Crippen LogP contribution is -2.41. The number of aromatic nitrogens is 1. The minimum atomic E-state index is 0.0522. The summed E-state index contributed by atoms with van der Waals surface area (Å²) in [4.78, 5) is 16.4. The average molecular weight is 232 g/mol. The molecule has 2 rings (SSSR count). The zero-order valence-electron chi connectivity index (χ0n) is 10.4. The quantitative estimate of drug-likeness (QED) is 0.862. The smallest absolute Gasteiger partial charge is 0.155 e. The molecule has 92 valence electrons. The van der Waals surface area contributed by atoms with Crippen LogP contribution in [-0.4, -0.2) is 23.4 Å².